The van der Waals surface area contributed by atoms with Crippen LogP contribution in [0.5, 0.6) is 0 Å². The first-order chi connectivity index (χ1) is 8.94. The van der Waals surface area contributed by atoms with Crippen LogP contribution in [-0.4, -0.2) is 35.8 Å². The van der Waals surface area contributed by atoms with E-state index in [0.717, 1.165) is 32.1 Å². The number of hydrogen-bond donors (Lipinski definition) is 2. The zero-order valence-corrected chi connectivity index (χ0v) is 11.7. The van der Waals surface area contributed by atoms with Crippen LogP contribution in [0, 0.1) is 11.3 Å². The summed E-state index contributed by atoms with van der Waals surface area (Å²) in [5, 5.41) is 0. The lowest BCUT2D eigenvalue weighted by Crippen LogP contribution is -2.45. The smallest absolute Gasteiger partial charge is 0.227 e. The van der Waals surface area contributed by atoms with Crippen molar-refractivity contribution in [1.29, 1.82) is 0 Å². The maximum Gasteiger partial charge on any atom is 0.227 e. The second-order valence-electron chi connectivity index (χ2n) is 6.34. The third-order valence-corrected chi connectivity index (χ3v) is 4.77. The molecular formula is C14H25N3O2. The van der Waals surface area contributed by atoms with E-state index in [1.807, 2.05) is 6.92 Å². The molecular weight excluding hydrogens is 242 g/mol. The van der Waals surface area contributed by atoms with Crippen LogP contribution in [-0.2, 0) is 9.59 Å². The second kappa shape index (κ2) is 5.49. The average Bonchev–Trinajstić information content (AvgIpc) is 2.64. The van der Waals surface area contributed by atoms with Gasteiger partial charge in [0.15, 0.2) is 0 Å². The predicted molar refractivity (Wildman–Crippen MR) is 73.0 cm³/mol. The van der Waals surface area contributed by atoms with E-state index >= 15 is 0 Å². The van der Waals surface area contributed by atoms with E-state index in [0.29, 0.717) is 19.5 Å². The second-order valence-corrected chi connectivity index (χ2v) is 6.34. The molecule has 108 valence electrons. The van der Waals surface area contributed by atoms with E-state index < -0.39 is 5.41 Å². The Bertz CT molecular complexity index is 372. The molecule has 19 heavy (non-hydrogen) atoms. The summed E-state index contributed by atoms with van der Waals surface area (Å²) in [5.41, 5.74) is 11.0. The predicted octanol–water partition coefficient (Wildman–Crippen LogP) is 0.618. The molecule has 4 N–H and O–H groups in total. The molecule has 1 aliphatic heterocycles. The molecule has 0 spiro atoms. The van der Waals surface area contributed by atoms with E-state index in [4.69, 9.17) is 11.5 Å². The third-order valence-electron chi connectivity index (χ3n) is 4.77. The van der Waals surface area contributed by atoms with Gasteiger partial charge in [-0.3, -0.25) is 9.59 Å². The molecule has 0 aromatic carbocycles. The summed E-state index contributed by atoms with van der Waals surface area (Å²) in [7, 11) is 0. The fourth-order valence-electron chi connectivity index (χ4n) is 3.23. The highest BCUT2D eigenvalue weighted by atomic mass is 16.2. The number of hydrogen-bond acceptors (Lipinski definition) is 3. The van der Waals surface area contributed by atoms with Crippen LogP contribution in [0.3, 0.4) is 0 Å². The van der Waals surface area contributed by atoms with Crippen LogP contribution < -0.4 is 11.5 Å². The summed E-state index contributed by atoms with van der Waals surface area (Å²) >= 11 is 0. The molecule has 1 saturated carbocycles. The minimum atomic E-state index is -0.565. The Balaban J connectivity index is 2.02. The number of carbonyl (C=O) groups excluding carboxylic acids is 2. The SMILES string of the molecule is CC1(C(N)=O)CCN(C(=O)C2CCCCCC2N)C1. The first kappa shape index (κ1) is 14.3. The molecule has 0 bridgehead atoms. The van der Waals surface area contributed by atoms with Crippen LogP contribution in [0.15, 0.2) is 0 Å². The monoisotopic (exact) mass is 267 g/mol. The van der Waals surface area contributed by atoms with Crippen molar-refractivity contribution in [3.63, 3.8) is 0 Å². The van der Waals surface area contributed by atoms with Crippen molar-refractivity contribution in [1.82, 2.24) is 4.90 Å². The Morgan fingerprint density at radius 1 is 1.21 bits per heavy atom. The quantitative estimate of drug-likeness (QED) is 0.719. The topological polar surface area (TPSA) is 89.4 Å². The zero-order chi connectivity index (χ0) is 14.0. The largest absolute Gasteiger partial charge is 0.369 e. The molecule has 2 aliphatic rings. The molecule has 0 aromatic heterocycles. The molecule has 0 aromatic rings. The number of carbonyl (C=O) groups is 2. The highest BCUT2D eigenvalue weighted by molar-refractivity contribution is 5.84. The van der Waals surface area contributed by atoms with Crippen molar-refractivity contribution in [3.8, 4) is 0 Å². The molecule has 2 fully saturated rings. The summed E-state index contributed by atoms with van der Waals surface area (Å²) in [6, 6.07) is -0.0320. The lowest BCUT2D eigenvalue weighted by molar-refractivity contribution is -0.136. The maximum absolute atomic E-state index is 12.6. The average molecular weight is 267 g/mol. The van der Waals surface area contributed by atoms with Crippen molar-refractivity contribution in [3.05, 3.63) is 0 Å². The van der Waals surface area contributed by atoms with Gasteiger partial charge in [0, 0.05) is 19.1 Å². The number of nitrogens with two attached hydrogens (primary N) is 2. The van der Waals surface area contributed by atoms with Gasteiger partial charge < -0.3 is 16.4 Å². The fourth-order valence-corrected chi connectivity index (χ4v) is 3.23. The van der Waals surface area contributed by atoms with E-state index in [1.165, 1.54) is 0 Å². The Morgan fingerprint density at radius 2 is 1.89 bits per heavy atom. The van der Waals surface area contributed by atoms with Gasteiger partial charge in [0.25, 0.3) is 0 Å². The molecule has 3 unspecified atom stereocenters. The van der Waals surface area contributed by atoms with Crippen molar-refractivity contribution in [2.45, 2.75) is 51.5 Å². The molecule has 0 radical (unpaired) electrons. The van der Waals surface area contributed by atoms with Crippen LogP contribution in [0.4, 0.5) is 0 Å². The van der Waals surface area contributed by atoms with Gasteiger partial charge in [-0.1, -0.05) is 19.3 Å². The summed E-state index contributed by atoms with van der Waals surface area (Å²) in [6.07, 6.45) is 5.82. The summed E-state index contributed by atoms with van der Waals surface area (Å²) in [4.78, 5) is 25.8. The highest BCUT2D eigenvalue weighted by Gasteiger charge is 2.42. The molecule has 5 nitrogen and oxygen atoms in total. The summed E-state index contributed by atoms with van der Waals surface area (Å²) in [5.74, 6) is -0.259. The number of nitrogens with zero attached hydrogens (tertiary/aromatic N) is 1. The van der Waals surface area contributed by atoms with Crippen molar-refractivity contribution < 1.29 is 9.59 Å². The van der Waals surface area contributed by atoms with Gasteiger partial charge in [-0.2, -0.15) is 0 Å². The Morgan fingerprint density at radius 3 is 2.53 bits per heavy atom. The van der Waals surface area contributed by atoms with Gasteiger partial charge in [0.2, 0.25) is 11.8 Å². The first-order valence-corrected chi connectivity index (χ1v) is 7.28. The van der Waals surface area contributed by atoms with Gasteiger partial charge in [0.1, 0.15) is 0 Å². The lowest BCUT2D eigenvalue weighted by atomic mass is 9.89. The van der Waals surface area contributed by atoms with E-state index in [2.05, 4.69) is 0 Å². The number of likely N-dealkylation sites (tertiary alicyclic amines) is 1. The normalized spacial score (nSPS) is 36.0. The van der Waals surface area contributed by atoms with Gasteiger partial charge in [-0.05, 0) is 26.2 Å². The minimum absolute atomic E-state index is 0.0320. The molecule has 1 saturated heterocycles. The van der Waals surface area contributed by atoms with Crippen molar-refractivity contribution in [2.24, 2.45) is 22.8 Å². The first-order valence-electron chi connectivity index (χ1n) is 7.28. The van der Waals surface area contributed by atoms with Gasteiger partial charge >= 0.3 is 0 Å². The van der Waals surface area contributed by atoms with Gasteiger partial charge in [-0.25, -0.2) is 0 Å². The van der Waals surface area contributed by atoms with Crippen molar-refractivity contribution in [2.75, 3.05) is 13.1 Å². The highest BCUT2D eigenvalue weighted by Crippen LogP contribution is 2.32. The Kier molecular flexibility index (Phi) is 4.13. The van der Waals surface area contributed by atoms with Crippen molar-refractivity contribution >= 4 is 11.8 Å². The third kappa shape index (κ3) is 2.91. The van der Waals surface area contributed by atoms with E-state index in [-0.39, 0.29) is 23.8 Å². The Hall–Kier alpha value is -1.10. The number of rotatable bonds is 2. The minimum Gasteiger partial charge on any atom is -0.369 e. The molecule has 2 amide bonds. The fraction of sp³-hybridized carbons (Fsp3) is 0.857. The van der Waals surface area contributed by atoms with Crippen LogP contribution in [0.25, 0.3) is 0 Å². The zero-order valence-electron chi connectivity index (χ0n) is 11.7. The number of primary amides is 1. The summed E-state index contributed by atoms with van der Waals surface area (Å²) < 4.78 is 0. The maximum atomic E-state index is 12.6. The summed E-state index contributed by atoms with van der Waals surface area (Å²) in [6.45, 7) is 2.92. The van der Waals surface area contributed by atoms with E-state index in [1.54, 1.807) is 4.90 Å². The van der Waals surface area contributed by atoms with Crippen LogP contribution >= 0.6 is 0 Å². The molecule has 2 rings (SSSR count). The van der Waals surface area contributed by atoms with E-state index in [9.17, 15) is 9.59 Å². The van der Waals surface area contributed by atoms with Gasteiger partial charge in [0.05, 0.1) is 11.3 Å². The van der Waals surface area contributed by atoms with Gasteiger partial charge in [-0.15, -0.1) is 0 Å². The molecule has 5 heteroatoms. The molecule has 3 atom stereocenters. The number of amides is 2. The van der Waals surface area contributed by atoms with Crippen LogP contribution in [0.1, 0.15) is 45.4 Å². The van der Waals surface area contributed by atoms with Crippen LogP contribution in [0.2, 0.25) is 0 Å². The standard InChI is InChI=1S/C14H25N3O2/c1-14(13(16)19)7-8-17(9-14)12(18)10-5-3-2-4-6-11(10)15/h10-11H,2-9,15H2,1H3,(H2,16,19). The Labute approximate surface area is 114 Å². The molecule has 1 heterocycles. The lowest BCUT2D eigenvalue weighted by Gasteiger charge is -2.27. The molecule has 1 aliphatic carbocycles.